The molecule has 2 aromatic rings. The molecule has 0 bridgehead atoms. The fourth-order valence-electron chi connectivity index (χ4n) is 2.55. The quantitative estimate of drug-likeness (QED) is 0.862. The molecule has 0 aliphatic carbocycles. The van der Waals surface area contributed by atoms with Gasteiger partial charge in [-0.05, 0) is 48.7 Å². The second-order valence-corrected chi connectivity index (χ2v) is 6.39. The molecule has 0 heterocycles. The molecule has 0 aliphatic rings. The van der Waals surface area contributed by atoms with E-state index in [1.54, 1.807) is 12.1 Å². The summed E-state index contributed by atoms with van der Waals surface area (Å²) < 4.78 is 39.1. The van der Waals surface area contributed by atoms with Gasteiger partial charge in [-0.3, -0.25) is 9.59 Å². The van der Waals surface area contributed by atoms with Crippen molar-refractivity contribution in [3.05, 3.63) is 70.3 Å². The third-order valence-electron chi connectivity index (χ3n) is 4.33. The van der Waals surface area contributed by atoms with Crippen molar-refractivity contribution in [3.63, 3.8) is 0 Å². The van der Waals surface area contributed by atoms with Gasteiger partial charge in [0, 0.05) is 19.2 Å². The number of carbonyl (C=O) groups is 2. The van der Waals surface area contributed by atoms with Crippen LogP contribution >= 0.6 is 0 Å². The van der Waals surface area contributed by atoms with E-state index >= 15 is 0 Å². The van der Waals surface area contributed by atoms with Gasteiger partial charge in [0.25, 0.3) is 5.91 Å². The summed E-state index contributed by atoms with van der Waals surface area (Å²) in [4.78, 5) is 25.5. The Hall–Kier alpha value is -2.83. The molecule has 0 atom stereocenters. The normalized spacial score (nSPS) is 11.2. The maximum atomic E-state index is 13.0. The minimum atomic E-state index is -4.49. The molecule has 0 aromatic heterocycles. The van der Waals surface area contributed by atoms with Crippen LogP contribution in [0.25, 0.3) is 0 Å². The molecule has 0 radical (unpaired) electrons. The standard InChI is InChI=1S/C20H21F3N2O2/c1-13-8-9-15(10-14(13)2)19(27)24-11-18(26)25(3)12-16-6-4-5-7-17(16)20(21,22)23/h4-10H,11-12H2,1-3H3,(H,24,27). The zero-order valence-corrected chi connectivity index (χ0v) is 15.4. The number of hydrogen-bond donors (Lipinski definition) is 1. The fourth-order valence-corrected chi connectivity index (χ4v) is 2.55. The summed E-state index contributed by atoms with van der Waals surface area (Å²) in [7, 11) is 1.40. The van der Waals surface area contributed by atoms with Gasteiger partial charge in [-0.15, -0.1) is 0 Å². The summed E-state index contributed by atoms with van der Waals surface area (Å²) in [5.74, 6) is -0.889. The molecular weight excluding hydrogens is 357 g/mol. The molecule has 0 fully saturated rings. The highest BCUT2D eigenvalue weighted by Gasteiger charge is 2.33. The molecule has 0 unspecified atom stereocenters. The molecule has 2 amide bonds. The second kappa shape index (κ2) is 8.24. The van der Waals surface area contributed by atoms with Gasteiger partial charge in [-0.1, -0.05) is 24.3 Å². The van der Waals surface area contributed by atoms with Crippen LogP contribution < -0.4 is 5.32 Å². The van der Waals surface area contributed by atoms with Crippen LogP contribution in [0.3, 0.4) is 0 Å². The van der Waals surface area contributed by atoms with Crippen molar-refractivity contribution in [2.45, 2.75) is 26.6 Å². The third-order valence-corrected chi connectivity index (χ3v) is 4.33. The molecule has 2 aromatic carbocycles. The van der Waals surface area contributed by atoms with Crippen LogP contribution in [0.5, 0.6) is 0 Å². The molecule has 0 saturated carbocycles. The van der Waals surface area contributed by atoms with Crippen molar-refractivity contribution in [2.24, 2.45) is 0 Å². The maximum absolute atomic E-state index is 13.0. The lowest BCUT2D eigenvalue weighted by atomic mass is 10.1. The Balaban J connectivity index is 1.98. The molecule has 27 heavy (non-hydrogen) atoms. The lowest BCUT2D eigenvalue weighted by Gasteiger charge is -2.20. The lowest BCUT2D eigenvalue weighted by molar-refractivity contribution is -0.139. The van der Waals surface area contributed by atoms with Gasteiger partial charge < -0.3 is 10.2 Å². The van der Waals surface area contributed by atoms with E-state index in [-0.39, 0.29) is 18.7 Å². The minimum Gasteiger partial charge on any atom is -0.343 e. The van der Waals surface area contributed by atoms with Crippen molar-refractivity contribution in [1.29, 1.82) is 0 Å². The highest BCUT2D eigenvalue weighted by molar-refractivity contribution is 5.96. The van der Waals surface area contributed by atoms with E-state index in [0.29, 0.717) is 5.56 Å². The van der Waals surface area contributed by atoms with Crippen molar-refractivity contribution < 1.29 is 22.8 Å². The second-order valence-electron chi connectivity index (χ2n) is 6.39. The Kier molecular flexibility index (Phi) is 6.25. The molecule has 0 saturated heterocycles. The number of likely N-dealkylation sites (N-methyl/N-ethyl adjacent to an activating group) is 1. The Morgan fingerprint density at radius 3 is 2.33 bits per heavy atom. The smallest absolute Gasteiger partial charge is 0.343 e. The minimum absolute atomic E-state index is 0.00124. The first-order valence-corrected chi connectivity index (χ1v) is 8.34. The van der Waals surface area contributed by atoms with Crippen molar-refractivity contribution in [1.82, 2.24) is 10.2 Å². The molecule has 7 heteroatoms. The highest BCUT2D eigenvalue weighted by Crippen LogP contribution is 2.32. The summed E-state index contributed by atoms with van der Waals surface area (Å²) in [5.41, 5.74) is 1.65. The first-order valence-electron chi connectivity index (χ1n) is 8.34. The number of amides is 2. The molecule has 0 aliphatic heterocycles. The van der Waals surface area contributed by atoms with Gasteiger partial charge in [0.1, 0.15) is 0 Å². The van der Waals surface area contributed by atoms with Gasteiger partial charge in [0.15, 0.2) is 0 Å². The number of benzene rings is 2. The summed E-state index contributed by atoms with van der Waals surface area (Å²) in [6.45, 7) is 3.31. The average molecular weight is 378 g/mol. The number of hydrogen-bond acceptors (Lipinski definition) is 2. The van der Waals surface area contributed by atoms with Crippen LogP contribution in [0, 0.1) is 13.8 Å². The third kappa shape index (κ3) is 5.32. The summed E-state index contributed by atoms with van der Waals surface area (Å²) in [6.07, 6.45) is -4.49. The van der Waals surface area contributed by atoms with Crippen molar-refractivity contribution >= 4 is 11.8 Å². The Morgan fingerprint density at radius 2 is 1.70 bits per heavy atom. The number of alkyl halides is 3. The molecule has 4 nitrogen and oxygen atoms in total. The molecule has 144 valence electrons. The first-order chi connectivity index (χ1) is 12.6. The number of halogens is 3. The van der Waals surface area contributed by atoms with E-state index in [0.717, 1.165) is 22.1 Å². The van der Waals surface area contributed by atoms with E-state index in [1.807, 2.05) is 19.9 Å². The predicted octanol–water partition coefficient (Wildman–Crippen LogP) is 3.71. The average Bonchev–Trinajstić information content (AvgIpc) is 2.61. The predicted molar refractivity (Wildman–Crippen MR) is 96.2 cm³/mol. The zero-order valence-electron chi connectivity index (χ0n) is 15.4. The Morgan fingerprint density at radius 1 is 1.04 bits per heavy atom. The van der Waals surface area contributed by atoms with E-state index in [4.69, 9.17) is 0 Å². The molecular formula is C20H21F3N2O2. The summed E-state index contributed by atoms with van der Waals surface area (Å²) >= 11 is 0. The van der Waals surface area contributed by atoms with Crippen LogP contribution in [0.2, 0.25) is 0 Å². The van der Waals surface area contributed by atoms with Gasteiger partial charge in [-0.2, -0.15) is 13.2 Å². The molecule has 2 rings (SSSR count). The van der Waals surface area contributed by atoms with E-state index in [1.165, 1.54) is 25.2 Å². The summed E-state index contributed by atoms with van der Waals surface area (Å²) in [5, 5.41) is 2.50. The van der Waals surface area contributed by atoms with E-state index in [9.17, 15) is 22.8 Å². The van der Waals surface area contributed by atoms with Gasteiger partial charge in [0.2, 0.25) is 5.91 Å². The first kappa shape index (κ1) is 20.5. The van der Waals surface area contributed by atoms with E-state index < -0.39 is 23.6 Å². The molecule has 1 N–H and O–H groups in total. The largest absolute Gasteiger partial charge is 0.416 e. The lowest BCUT2D eigenvalue weighted by Crippen LogP contribution is -2.38. The highest BCUT2D eigenvalue weighted by atomic mass is 19.4. The zero-order chi connectivity index (χ0) is 20.2. The Labute approximate surface area is 156 Å². The van der Waals surface area contributed by atoms with Crippen molar-refractivity contribution in [2.75, 3.05) is 13.6 Å². The number of carbonyl (C=O) groups excluding carboxylic acids is 2. The number of aryl methyl sites for hydroxylation is 2. The van der Waals surface area contributed by atoms with Crippen LogP contribution in [0.15, 0.2) is 42.5 Å². The number of nitrogens with one attached hydrogen (secondary N) is 1. The monoisotopic (exact) mass is 378 g/mol. The van der Waals surface area contributed by atoms with Crippen LogP contribution in [-0.4, -0.2) is 30.3 Å². The SMILES string of the molecule is Cc1ccc(C(=O)NCC(=O)N(C)Cc2ccccc2C(F)(F)F)cc1C. The Bertz CT molecular complexity index is 847. The van der Waals surface area contributed by atoms with Crippen LogP contribution in [0.4, 0.5) is 13.2 Å². The fraction of sp³-hybridized carbons (Fsp3) is 0.300. The topological polar surface area (TPSA) is 49.4 Å². The van der Waals surface area contributed by atoms with Gasteiger partial charge in [0.05, 0.1) is 12.1 Å². The number of nitrogens with zero attached hydrogens (tertiary/aromatic N) is 1. The molecule has 0 spiro atoms. The van der Waals surface area contributed by atoms with Crippen LogP contribution in [-0.2, 0) is 17.5 Å². The number of rotatable bonds is 5. The van der Waals surface area contributed by atoms with Gasteiger partial charge >= 0.3 is 6.18 Å². The maximum Gasteiger partial charge on any atom is 0.416 e. The summed E-state index contributed by atoms with van der Waals surface area (Å²) in [6, 6.07) is 10.3. The van der Waals surface area contributed by atoms with Crippen LogP contribution in [0.1, 0.15) is 32.6 Å². The van der Waals surface area contributed by atoms with Gasteiger partial charge in [-0.25, -0.2) is 0 Å². The van der Waals surface area contributed by atoms with E-state index in [2.05, 4.69) is 5.32 Å². The van der Waals surface area contributed by atoms with Crippen molar-refractivity contribution in [3.8, 4) is 0 Å².